The van der Waals surface area contributed by atoms with Crippen LogP contribution in [0.4, 0.5) is 5.69 Å². The topological polar surface area (TPSA) is 132 Å². The van der Waals surface area contributed by atoms with E-state index in [1.807, 2.05) is 0 Å². The SMILES string of the molecule is O=C(O)CCCC(=O)N1CCN(S(=O)(=O)c2ccc(N3C(=O)c4ccccc4C3=O)cc2)CC1. The number of carbonyl (C=O) groups excluding carboxylic acids is 3. The quantitative estimate of drug-likeness (QED) is 0.589. The molecule has 2 aliphatic rings. The van der Waals surface area contributed by atoms with Gasteiger partial charge in [-0.2, -0.15) is 4.31 Å². The zero-order chi connectivity index (χ0) is 24.5. The molecule has 4 rings (SSSR count). The predicted octanol–water partition coefficient (Wildman–Crippen LogP) is 1.57. The Bertz CT molecular complexity index is 1210. The van der Waals surface area contributed by atoms with Gasteiger partial charge in [-0.15, -0.1) is 0 Å². The van der Waals surface area contributed by atoms with Gasteiger partial charge >= 0.3 is 5.97 Å². The van der Waals surface area contributed by atoms with Gasteiger partial charge in [0.2, 0.25) is 15.9 Å². The molecule has 178 valence electrons. The number of carbonyl (C=O) groups is 4. The van der Waals surface area contributed by atoms with E-state index in [2.05, 4.69) is 0 Å². The Labute approximate surface area is 196 Å². The molecule has 0 radical (unpaired) electrons. The lowest BCUT2D eigenvalue weighted by molar-refractivity contribution is -0.137. The van der Waals surface area contributed by atoms with E-state index >= 15 is 0 Å². The summed E-state index contributed by atoms with van der Waals surface area (Å²) < 4.78 is 27.4. The maximum Gasteiger partial charge on any atom is 0.303 e. The maximum atomic E-state index is 13.1. The van der Waals surface area contributed by atoms with Gasteiger partial charge in [0.05, 0.1) is 21.7 Å². The molecule has 2 aliphatic heterocycles. The molecule has 2 heterocycles. The standard InChI is InChI=1S/C23H23N3O7S/c27-20(6-3-7-21(28)29)24-12-14-25(15-13-24)34(32,33)17-10-8-16(9-11-17)26-22(30)18-4-1-2-5-19(18)23(26)31/h1-2,4-5,8-11H,3,6-7,12-15H2,(H,28,29). The number of nitrogens with zero attached hydrogens (tertiary/aromatic N) is 3. The van der Waals surface area contributed by atoms with Crippen LogP contribution < -0.4 is 4.90 Å². The number of imide groups is 1. The number of rotatable bonds is 7. The number of benzene rings is 2. The van der Waals surface area contributed by atoms with E-state index in [1.165, 1.54) is 28.6 Å². The van der Waals surface area contributed by atoms with Crippen LogP contribution in [0.5, 0.6) is 0 Å². The number of piperazine rings is 1. The molecule has 11 heteroatoms. The largest absolute Gasteiger partial charge is 0.481 e. The van der Waals surface area contributed by atoms with E-state index < -0.39 is 27.8 Å². The fourth-order valence-corrected chi connectivity index (χ4v) is 5.49. The Hall–Kier alpha value is -3.57. The molecule has 0 aromatic heterocycles. The molecule has 0 aliphatic carbocycles. The second-order valence-electron chi connectivity index (χ2n) is 8.02. The fourth-order valence-electron chi connectivity index (χ4n) is 4.07. The molecule has 0 spiro atoms. The van der Waals surface area contributed by atoms with Gasteiger partial charge in [0, 0.05) is 39.0 Å². The van der Waals surface area contributed by atoms with Crippen molar-refractivity contribution in [2.24, 2.45) is 0 Å². The number of aliphatic carboxylic acids is 1. The van der Waals surface area contributed by atoms with Gasteiger partial charge in [-0.05, 0) is 42.8 Å². The number of hydrogen-bond donors (Lipinski definition) is 1. The molecule has 1 saturated heterocycles. The van der Waals surface area contributed by atoms with Gasteiger partial charge < -0.3 is 10.0 Å². The third-order valence-electron chi connectivity index (χ3n) is 5.90. The van der Waals surface area contributed by atoms with E-state index in [0.717, 1.165) is 4.90 Å². The minimum atomic E-state index is -3.83. The summed E-state index contributed by atoms with van der Waals surface area (Å²) in [6, 6.07) is 12.1. The summed E-state index contributed by atoms with van der Waals surface area (Å²) in [6.45, 7) is 0.677. The zero-order valence-electron chi connectivity index (χ0n) is 18.2. The number of sulfonamides is 1. The number of carboxylic acid groups (broad SMARTS) is 1. The average Bonchev–Trinajstić information content (AvgIpc) is 3.09. The third kappa shape index (κ3) is 4.44. The zero-order valence-corrected chi connectivity index (χ0v) is 19.0. The van der Waals surface area contributed by atoms with Crippen LogP contribution in [0.25, 0.3) is 0 Å². The Morgan fingerprint density at radius 2 is 1.38 bits per heavy atom. The van der Waals surface area contributed by atoms with Crippen molar-refractivity contribution in [1.82, 2.24) is 9.21 Å². The predicted molar refractivity (Wildman–Crippen MR) is 121 cm³/mol. The van der Waals surface area contributed by atoms with Crippen molar-refractivity contribution < 1.29 is 32.7 Å². The highest BCUT2D eigenvalue weighted by Crippen LogP contribution is 2.29. The summed E-state index contributed by atoms with van der Waals surface area (Å²) in [5.41, 5.74) is 0.890. The number of hydrogen-bond acceptors (Lipinski definition) is 6. The number of anilines is 1. The molecular formula is C23H23N3O7S. The first kappa shape index (κ1) is 23.6. The number of amides is 3. The molecule has 0 bridgehead atoms. The van der Waals surface area contributed by atoms with E-state index in [9.17, 15) is 27.6 Å². The van der Waals surface area contributed by atoms with Crippen LogP contribution >= 0.6 is 0 Å². The minimum Gasteiger partial charge on any atom is -0.481 e. The average molecular weight is 486 g/mol. The summed E-state index contributed by atoms with van der Waals surface area (Å²) in [7, 11) is -3.83. The molecule has 10 nitrogen and oxygen atoms in total. The number of carboxylic acids is 1. The van der Waals surface area contributed by atoms with Crippen molar-refractivity contribution in [3.63, 3.8) is 0 Å². The van der Waals surface area contributed by atoms with Gasteiger partial charge in [-0.1, -0.05) is 12.1 Å². The smallest absolute Gasteiger partial charge is 0.303 e. The minimum absolute atomic E-state index is 0.0223. The van der Waals surface area contributed by atoms with Gasteiger partial charge in [0.15, 0.2) is 0 Å². The highest BCUT2D eigenvalue weighted by Gasteiger charge is 2.36. The van der Waals surface area contributed by atoms with Gasteiger partial charge in [0.25, 0.3) is 11.8 Å². The lowest BCUT2D eigenvalue weighted by Gasteiger charge is -2.34. The normalized spacial score (nSPS) is 16.6. The van der Waals surface area contributed by atoms with Crippen LogP contribution in [0.3, 0.4) is 0 Å². The van der Waals surface area contributed by atoms with Crippen molar-refractivity contribution >= 4 is 39.4 Å². The second-order valence-corrected chi connectivity index (χ2v) is 9.96. The summed E-state index contributed by atoms with van der Waals surface area (Å²) in [4.78, 5) is 50.7. The molecule has 34 heavy (non-hydrogen) atoms. The second kappa shape index (κ2) is 9.35. The Kier molecular flexibility index (Phi) is 6.49. The van der Waals surface area contributed by atoms with Crippen LogP contribution in [0.15, 0.2) is 53.4 Å². The third-order valence-corrected chi connectivity index (χ3v) is 7.81. The molecule has 3 amide bonds. The van der Waals surface area contributed by atoms with Crippen molar-refractivity contribution in [1.29, 1.82) is 0 Å². The molecule has 0 atom stereocenters. The van der Waals surface area contributed by atoms with Crippen molar-refractivity contribution in [3.8, 4) is 0 Å². The molecule has 2 aromatic rings. The highest BCUT2D eigenvalue weighted by molar-refractivity contribution is 7.89. The molecule has 1 N–H and O–H groups in total. The van der Waals surface area contributed by atoms with Crippen molar-refractivity contribution in [3.05, 3.63) is 59.7 Å². The van der Waals surface area contributed by atoms with E-state index in [4.69, 9.17) is 5.11 Å². The molecule has 2 aromatic carbocycles. The lowest BCUT2D eigenvalue weighted by Crippen LogP contribution is -2.50. The lowest BCUT2D eigenvalue weighted by atomic mass is 10.1. The molecule has 1 fully saturated rings. The van der Waals surface area contributed by atoms with E-state index in [-0.39, 0.29) is 61.9 Å². The molecule has 0 unspecified atom stereocenters. The summed E-state index contributed by atoms with van der Waals surface area (Å²) in [6.07, 6.45) is 0.265. The van der Waals surface area contributed by atoms with Crippen LogP contribution in [-0.4, -0.2) is 72.6 Å². The molecule has 0 saturated carbocycles. The van der Waals surface area contributed by atoms with Crippen LogP contribution in [0.1, 0.15) is 40.0 Å². The summed E-state index contributed by atoms with van der Waals surface area (Å²) >= 11 is 0. The first-order valence-electron chi connectivity index (χ1n) is 10.8. The van der Waals surface area contributed by atoms with Gasteiger partial charge in [-0.3, -0.25) is 19.2 Å². The van der Waals surface area contributed by atoms with Crippen LogP contribution in [-0.2, 0) is 19.6 Å². The number of fused-ring (bicyclic) bond motifs is 1. The van der Waals surface area contributed by atoms with Crippen molar-refractivity contribution in [2.45, 2.75) is 24.2 Å². The van der Waals surface area contributed by atoms with Gasteiger partial charge in [0.1, 0.15) is 0 Å². The van der Waals surface area contributed by atoms with Crippen LogP contribution in [0.2, 0.25) is 0 Å². The van der Waals surface area contributed by atoms with Crippen molar-refractivity contribution in [2.75, 3.05) is 31.1 Å². The van der Waals surface area contributed by atoms with E-state index in [1.54, 1.807) is 29.2 Å². The Morgan fingerprint density at radius 3 is 1.91 bits per heavy atom. The fraction of sp³-hybridized carbons (Fsp3) is 0.304. The van der Waals surface area contributed by atoms with Crippen LogP contribution in [0, 0.1) is 0 Å². The highest BCUT2D eigenvalue weighted by atomic mass is 32.2. The first-order chi connectivity index (χ1) is 16.2. The monoisotopic (exact) mass is 485 g/mol. The van der Waals surface area contributed by atoms with E-state index in [0.29, 0.717) is 11.1 Å². The Balaban J connectivity index is 1.41. The molecular weight excluding hydrogens is 462 g/mol. The van der Waals surface area contributed by atoms with Gasteiger partial charge in [-0.25, -0.2) is 13.3 Å². The summed E-state index contributed by atoms with van der Waals surface area (Å²) in [5.74, 6) is -2.07. The summed E-state index contributed by atoms with van der Waals surface area (Å²) in [5, 5.41) is 8.68. The Morgan fingerprint density at radius 1 is 0.824 bits per heavy atom. The maximum absolute atomic E-state index is 13.1. The first-order valence-corrected chi connectivity index (χ1v) is 12.2.